The summed E-state index contributed by atoms with van der Waals surface area (Å²) >= 11 is 0.919. The molecule has 27 heavy (non-hydrogen) atoms. The number of aromatic nitrogens is 3. The molecule has 1 N–H and O–H groups in total. The second-order valence-corrected chi connectivity index (χ2v) is 6.52. The Morgan fingerprint density at radius 3 is 2.89 bits per heavy atom. The number of benzene rings is 2. The summed E-state index contributed by atoms with van der Waals surface area (Å²) in [5.74, 6) is 2.27. The van der Waals surface area contributed by atoms with E-state index >= 15 is 0 Å². The van der Waals surface area contributed by atoms with E-state index in [2.05, 4.69) is 21.1 Å². The highest BCUT2D eigenvalue weighted by molar-refractivity contribution is 8.04. The van der Waals surface area contributed by atoms with Crippen LogP contribution >= 0.6 is 11.8 Å². The van der Waals surface area contributed by atoms with Crippen LogP contribution in [0.2, 0.25) is 0 Å². The summed E-state index contributed by atoms with van der Waals surface area (Å²) in [5.41, 5.74) is 0.612. The zero-order chi connectivity index (χ0) is 19.2. The van der Waals surface area contributed by atoms with Gasteiger partial charge < -0.3 is 14.6 Å². The molecular weight excluding hydrogens is 362 g/mol. The lowest BCUT2D eigenvalue weighted by Gasteiger charge is -2.12. The van der Waals surface area contributed by atoms with Gasteiger partial charge in [0.15, 0.2) is 0 Å². The highest BCUT2D eigenvalue weighted by Gasteiger charge is 2.12. The van der Waals surface area contributed by atoms with Gasteiger partial charge in [-0.2, -0.15) is 0 Å². The molecule has 2 aromatic carbocycles. The Hall–Kier alpha value is -3.24. The lowest BCUT2D eigenvalue weighted by atomic mass is 10.0. The van der Waals surface area contributed by atoms with Crippen LogP contribution in [0.3, 0.4) is 0 Å². The van der Waals surface area contributed by atoms with Crippen molar-refractivity contribution in [1.82, 2.24) is 15.2 Å². The van der Waals surface area contributed by atoms with E-state index in [1.807, 2.05) is 37.3 Å². The molecule has 0 radical (unpaired) electrons. The molecule has 7 heteroatoms. The third-order valence-electron chi connectivity index (χ3n) is 3.77. The Morgan fingerprint density at radius 2 is 2.19 bits per heavy atom. The van der Waals surface area contributed by atoms with Crippen LogP contribution in [0.4, 0.5) is 0 Å². The lowest BCUT2D eigenvalue weighted by Crippen LogP contribution is -2.23. The van der Waals surface area contributed by atoms with Crippen LogP contribution in [0.25, 0.3) is 16.8 Å². The molecule has 0 saturated heterocycles. The summed E-state index contributed by atoms with van der Waals surface area (Å²) in [4.78, 5) is 15.9. The standard InChI is InChI=1S/C20H17N3O3S/c1-3-11-26-16-10-9-13-7-5-6-8-14(13)15(16)12-17(19(24)25)27-20-21-18(4-2)22-23-20/h1,5-10,12H,4,11H2,2H3,(H,24,25)(H,21,22,23)/p-1/b17-12-. The van der Waals surface area contributed by atoms with Crippen molar-refractivity contribution < 1.29 is 14.6 Å². The Morgan fingerprint density at radius 1 is 1.37 bits per heavy atom. The van der Waals surface area contributed by atoms with Gasteiger partial charge in [-0.05, 0) is 34.7 Å². The molecule has 3 aromatic rings. The number of hydrogen-bond donors (Lipinski definition) is 1. The lowest BCUT2D eigenvalue weighted by molar-refractivity contribution is -0.297. The van der Waals surface area contributed by atoms with E-state index < -0.39 is 5.97 Å². The van der Waals surface area contributed by atoms with Crippen molar-refractivity contribution in [3.8, 4) is 18.1 Å². The number of H-pyrrole nitrogens is 1. The van der Waals surface area contributed by atoms with Crippen LogP contribution in [0.5, 0.6) is 5.75 Å². The molecule has 0 unspecified atom stereocenters. The first-order valence-electron chi connectivity index (χ1n) is 8.22. The quantitative estimate of drug-likeness (QED) is 0.386. The summed E-state index contributed by atoms with van der Waals surface area (Å²) in [6.07, 6.45) is 7.47. The van der Waals surface area contributed by atoms with Crippen molar-refractivity contribution in [1.29, 1.82) is 0 Å². The van der Waals surface area contributed by atoms with Gasteiger partial charge >= 0.3 is 0 Å². The van der Waals surface area contributed by atoms with Crippen molar-refractivity contribution in [3.05, 3.63) is 52.7 Å². The Bertz CT molecular complexity index is 1050. The van der Waals surface area contributed by atoms with Crippen molar-refractivity contribution in [2.24, 2.45) is 0 Å². The number of fused-ring (bicyclic) bond motifs is 1. The highest BCUT2D eigenvalue weighted by atomic mass is 32.2. The van der Waals surface area contributed by atoms with E-state index in [9.17, 15) is 9.90 Å². The number of carboxylic acids is 1. The molecule has 0 aliphatic carbocycles. The van der Waals surface area contributed by atoms with Crippen LogP contribution in [0.1, 0.15) is 18.3 Å². The van der Waals surface area contributed by atoms with E-state index in [1.54, 1.807) is 6.07 Å². The summed E-state index contributed by atoms with van der Waals surface area (Å²) in [6, 6.07) is 11.3. The minimum Gasteiger partial charge on any atom is -0.544 e. The number of nitrogens with one attached hydrogen (secondary N) is 1. The molecule has 136 valence electrons. The minimum absolute atomic E-state index is 0.0291. The molecule has 0 aliphatic rings. The zero-order valence-electron chi connectivity index (χ0n) is 14.6. The molecule has 3 rings (SSSR count). The Kier molecular flexibility index (Phi) is 5.79. The van der Waals surface area contributed by atoms with Gasteiger partial charge in [0.1, 0.15) is 18.2 Å². The van der Waals surface area contributed by atoms with Crippen LogP contribution in [-0.4, -0.2) is 27.8 Å². The zero-order valence-corrected chi connectivity index (χ0v) is 15.4. The van der Waals surface area contributed by atoms with E-state index in [1.165, 1.54) is 6.08 Å². The third-order valence-corrected chi connectivity index (χ3v) is 4.64. The number of aryl methyl sites for hydroxylation is 1. The molecule has 6 nitrogen and oxygen atoms in total. The Labute approximate surface area is 160 Å². The molecule has 0 saturated carbocycles. The molecule has 0 fully saturated rings. The van der Waals surface area contributed by atoms with Crippen LogP contribution in [0.15, 0.2) is 46.5 Å². The first kappa shape index (κ1) is 18.5. The molecule has 0 atom stereocenters. The number of carboxylic acid groups (broad SMARTS) is 1. The fraction of sp³-hybridized carbons (Fsp3) is 0.150. The number of terminal acetylenes is 1. The first-order chi connectivity index (χ1) is 13.1. The molecule has 0 aliphatic heterocycles. The summed E-state index contributed by atoms with van der Waals surface area (Å²) in [7, 11) is 0. The second kappa shape index (κ2) is 8.43. The molecule has 0 bridgehead atoms. The summed E-state index contributed by atoms with van der Waals surface area (Å²) in [6.45, 7) is 2.00. The number of nitrogens with zero attached hydrogens (tertiary/aromatic N) is 2. The third kappa shape index (κ3) is 4.30. The molecule has 0 amide bonds. The average molecular weight is 378 g/mol. The molecule has 1 aromatic heterocycles. The van der Waals surface area contributed by atoms with E-state index in [0.29, 0.717) is 28.7 Å². The molecular formula is C20H16N3O3S-. The van der Waals surface area contributed by atoms with Gasteiger partial charge in [-0.15, -0.1) is 11.5 Å². The van der Waals surface area contributed by atoms with Gasteiger partial charge in [0.2, 0.25) is 5.16 Å². The van der Waals surface area contributed by atoms with Crippen molar-refractivity contribution in [2.75, 3.05) is 6.61 Å². The van der Waals surface area contributed by atoms with E-state index in [0.717, 1.165) is 22.5 Å². The molecule has 1 heterocycles. The highest BCUT2D eigenvalue weighted by Crippen LogP contribution is 2.33. The normalized spacial score (nSPS) is 11.3. The number of carbonyl (C=O) groups excluding carboxylic acids is 1. The van der Waals surface area contributed by atoms with E-state index in [4.69, 9.17) is 11.2 Å². The van der Waals surface area contributed by atoms with Crippen LogP contribution in [-0.2, 0) is 11.2 Å². The van der Waals surface area contributed by atoms with Crippen molar-refractivity contribution in [2.45, 2.75) is 18.5 Å². The number of ether oxygens (including phenoxy) is 1. The number of aromatic amines is 1. The maximum Gasteiger partial charge on any atom is 0.213 e. The number of rotatable bonds is 7. The van der Waals surface area contributed by atoms with Crippen molar-refractivity contribution in [3.63, 3.8) is 0 Å². The topological polar surface area (TPSA) is 90.9 Å². The van der Waals surface area contributed by atoms with Gasteiger partial charge in [-0.3, -0.25) is 5.10 Å². The summed E-state index contributed by atoms with van der Waals surface area (Å²) in [5, 5.41) is 20.6. The van der Waals surface area contributed by atoms with Gasteiger partial charge in [-0.25, -0.2) is 4.98 Å². The number of carbonyl (C=O) groups is 1. The minimum atomic E-state index is -1.32. The first-order valence-corrected chi connectivity index (χ1v) is 9.04. The monoisotopic (exact) mass is 378 g/mol. The SMILES string of the molecule is C#CCOc1ccc2ccccc2c1/C=C(\Sc1n[nH]c(CC)n1)C(=O)[O-]. The van der Waals surface area contributed by atoms with Crippen LogP contribution < -0.4 is 9.84 Å². The van der Waals surface area contributed by atoms with Gasteiger partial charge in [0.05, 0.1) is 5.97 Å². The van der Waals surface area contributed by atoms with Gasteiger partial charge in [-0.1, -0.05) is 43.2 Å². The van der Waals surface area contributed by atoms with E-state index in [-0.39, 0.29) is 11.5 Å². The second-order valence-electron chi connectivity index (χ2n) is 5.51. The Balaban J connectivity index is 2.08. The fourth-order valence-corrected chi connectivity index (χ4v) is 3.21. The number of hydrogen-bond acceptors (Lipinski definition) is 6. The smallest absolute Gasteiger partial charge is 0.213 e. The predicted octanol–water partition coefficient (Wildman–Crippen LogP) is 2.42. The summed E-state index contributed by atoms with van der Waals surface area (Å²) < 4.78 is 5.61. The maximum atomic E-state index is 11.7. The maximum absolute atomic E-state index is 11.7. The number of aliphatic carboxylic acids is 1. The number of thioether (sulfide) groups is 1. The van der Waals surface area contributed by atoms with Gasteiger partial charge in [0.25, 0.3) is 0 Å². The van der Waals surface area contributed by atoms with Crippen molar-refractivity contribution >= 4 is 34.6 Å². The predicted molar refractivity (Wildman–Crippen MR) is 103 cm³/mol. The fourth-order valence-electron chi connectivity index (χ4n) is 2.51. The molecule has 0 spiro atoms. The average Bonchev–Trinajstić information content (AvgIpc) is 3.14. The largest absolute Gasteiger partial charge is 0.544 e. The van der Waals surface area contributed by atoms with Crippen LogP contribution in [0, 0.1) is 12.3 Å². The van der Waals surface area contributed by atoms with Gasteiger partial charge in [0, 0.05) is 16.9 Å².